The first-order valence-corrected chi connectivity index (χ1v) is 11.6. The molecule has 1 unspecified atom stereocenters. The Kier molecular flexibility index (Phi) is 6.29. The van der Waals surface area contributed by atoms with Gasteiger partial charge in [0, 0.05) is 22.0 Å². The lowest BCUT2D eigenvalue weighted by atomic mass is 9.84. The van der Waals surface area contributed by atoms with Crippen molar-refractivity contribution >= 4 is 34.9 Å². The van der Waals surface area contributed by atoms with Crippen LogP contribution in [-0.2, 0) is 20.7 Å². The van der Waals surface area contributed by atoms with Crippen LogP contribution in [0.15, 0.2) is 48.7 Å². The van der Waals surface area contributed by atoms with Crippen LogP contribution in [0.1, 0.15) is 43.9 Å². The molecule has 0 N–H and O–H groups in total. The molecule has 0 saturated carbocycles. The number of nitrogens with zero attached hydrogens (tertiary/aromatic N) is 1. The average molecular weight is 532 g/mol. The summed E-state index contributed by atoms with van der Waals surface area (Å²) >= 11 is 11.9. The van der Waals surface area contributed by atoms with E-state index in [0.29, 0.717) is 16.7 Å². The molecule has 1 saturated heterocycles. The fourth-order valence-electron chi connectivity index (χ4n) is 4.16. The summed E-state index contributed by atoms with van der Waals surface area (Å²) in [5.74, 6) is 0. The minimum absolute atomic E-state index is 0.0618. The van der Waals surface area contributed by atoms with Gasteiger partial charge >= 0.3 is 12.3 Å². The summed E-state index contributed by atoms with van der Waals surface area (Å²) in [6.45, 7) is 4.84. The van der Waals surface area contributed by atoms with Crippen LogP contribution < -0.4 is 0 Å². The van der Waals surface area contributed by atoms with E-state index in [0.717, 1.165) is 6.26 Å². The molecule has 0 radical (unpaired) electrons. The van der Waals surface area contributed by atoms with Gasteiger partial charge in [0.25, 0.3) is 0 Å². The Morgan fingerprint density at radius 1 is 1.00 bits per heavy atom. The highest BCUT2D eigenvalue weighted by Gasteiger charge is 2.60. The Balaban J connectivity index is 1.50. The average Bonchev–Trinajstić information content (AvgIpc) is 3.16. The number of benzene rings is 2. The summed E-state index contributed by atoms with van der Waals surface area (Å²) in [4.78, 5) is 13.4. The van der Waals surface area contributed by atoms with Crippen LogP contribution in [0.5, 0.6) is 0 Å². The molecule has 2 aromatic rings. The summed E-state index contributed by atoms with van der Waals surface area (Å²) < 4.78 is 68.4. The molecule has 2 aromatic carbocycles. The van der Waals surface area contributed by atoms with E-state index in [4.69, 9.17) is 32.7 Å². The van der Waals surface area contributed by atoms with Gasteiger partial charge in [0.1, 0.15) is 5.60 Å². The zero-order valence-corrected chi connectivity index (χ0v) is 20.7. The maximum atomic E-state index is 15.3. The molecule has 0 bridgehead atoms. The Bertz CT molecular complexity index is 1150. The molecule has 1 atom stereocenters. The normalized spacial score (nSPS) is 21.7. The van der Waals surface area contributed by atoms with Crippen molar-refractivity contribution in [2.24, 2.45) is 0 Å². The molecule has 4 nitrogen and oxygen atoms in total. The number of ether oxygens (including phenoxy) is 2. The number of rotatable bonds is 3. The molecule has 4 rings (SSSR count). The maximum Gasteiger partial charge on any atom is 0.432 e. The number of hydrogen-bond acceptors (Lipinski definition) is 3. The molecule has 0 spiro atoms. The topological polar surface area (TPSA) is 38.8 Å². The van der Waals surface area contributed by atoms with Gasteiger partial charge in [-0.25, -0.2) is 9.18 Å². The Labute approximate surface area is 210 Å². The van der Waals surface area contributed by atoms with Crippen LogP contribution in [0, 0.1) is 0 Å². The third-order valence-corrected chi connectivity index (χ3v) is 6.37. The molecule has 1 fully saturated rings. The first-order chi connectivity index (χ1) is 16.1. The van der Waals surface area contributed by atoms with Gasteiger partial charge in [0.05, 0.1) is 19.4 Å². The van der Waals surface area contributed by atoms with Gasteiger partial charge in [-0.1, -0.05) is 47.5 Å². The molecular weight excluding hydrogens is 509 g/mol. The monoisotopic (exact) mass is 531 g/mol. The number of halogens is 6. The number of likely N-dealkylation sites (tertiary alicyclic amines) is 1. The number of amides is 1. The summed E-state index contributed by atoms with van der Waals surface area (Å²) in [5, 5.41) is 0.124. The van der Waals surface area contributed by atoms with Gasteiger partial charge in [-0.3, -0.25) is 0 Å². The van der Waals surface area contributed by atoms with Crippen LogP contribution in [0.25, 0.3) is 5.57 Å². The summed E-state index contributed by atoms with van der Waals surface area (Å²) in [6.07, 6.45) is -4.78. The first-order valence-electron chi connectivity index (χ1n) is 10.8. The maximum absolute atomic E-state index is 15.3. The Morgan fingerprint density at radius 2 is 1.57 bits per heavy atom. The molecule has 1 amide bonds. The van der Waals surface area contributed by atoms with Crippen molar-refractivity contribution < 1.29 is 31.8 Å². The molecule has 188 valence electrons. The van der Waals surface area contributed by atoms with E-state index in [1.807, 2.05) is 0 Å². The van der Waals surface area contributed by atoms with Crippen molar-refractivity contribution in [1.82, 2.24) is 4.90 Å². The molecular formula is C25H23Cl2F4NO3. The van der Waals surface area contributed by atoms with Crippen molar-refractivity contribution in [2.45, 2.75) is 50.2 Å². The third-order valence-electron chi connectivity index (χ3n) is 5.94. The molecule has 10 heteroatoms. The van der Waals surface area contributed by atoms with Gasteiger partial charge in [-0.05, 0) is 55.7 Å². The fourth-order valence-corrected chi connectivity index (χ4v) is 4.69. The van der Waals surface area contributed by atoms with Crippen molar-refractivity contribution in [3.05, 3.63) is 75.5 Å². The second kappa shape index (κ2) is 8.59. The molecule has 2 aliphatic heterocycles. The van der Waals surface area contributed by atoms with Crippen LogP contribution in [0.2, 0.25) is 10.0 Å². The highest BCUT2D eigenvalue weighted by atomic mass is 35.5. The number of alkyl halides is 4. The molecule has 0 aliphatic carbocycles. The fraction of sp³-hybridized carbons (Fsp3) is 0.400. The zero-order valence-electron chi connectivity index (χ0n) is 19.2. The molecule has 2 heterocycles. The first kappa shape index (κ1) is 25.6. The lowest BCUT2D eigenvalue weighted by Gasteiger charge is -2.44. The molecule has 2 aliphatic rings. The van der Waals surface area contributed by atoms with Crippen molar-refractivity contribution in [1.29, 1.82) is 0 Å². The van der Waals surface area contributed by atoms with Crippen molar-refractivity contribution in [2.75, 3.05) is 13.1 Å². The Morgan fingerprint density at radius 3 is 2.09 bits per heavy atom. The minimum Gasteiger partial charge on any atom is -0.480 e. The summed E-state index contributed by atoms with van der Waals surface area (Å²) in [7, 11) is 0. The lowest BCUT2D eigenvalue weighted by Crippen LogP contribution is -2.59. The highest BCUT2D eigenvalue weighted by Crippen LogP contribution is 2.53. The summed E-state index contributed by atoms with van der Waals surface area (Å²) in [5.41, 5.74) is -4.22. The predicted molar refractivity (Wildman–Crippen MR) is 125 cm³/mol. The summed E-state index contributed by atoms with van der Waals surface area (Å²) in [6, 6.07) is 9.80. The number of carbonyl (C=O) groups is 1. The smallest absolute Gasteiger partial charge is 0.432 e. The largest absolute Gasteiger partial charge is 0.480 e. The van der Waals surface area contributed by atoms with Crippen molar-refractivity contribution in [3.8, 4) is 0 Å². The van der Waals surface area contributed by atoms with Crippen LogP contribution >= 0.6 is 23.2 Å². The van der Waals surface area contributed by atoms with Crippen LogP contribution in [-0.4, -0.2) is 35.9 Å². The van der Waals surface area contributed by atoms with Gasteiger partial charge < -0.3 is 14.4 Å². The van der Waals surface area contributed by atoms with Gasteiger partial charge in [-0.15, -0.1) is 0 Å². The van der Waals surface area contributed by atoms with Gasteiger partial charge in [-0.2, -0.15) is 13.2 Å². The minimum atomic E-state index is -4.75. The van der Waals surface area contributed by atoms with Gasteiger partial charge in [0.2, 0.25) is 5.60 Å². The second-order valence-electron chi connectivity index (χ2n) is 9.80. The van der Waals surface area contributed by atoms with E-state index >= 15 is 4.39 Å². The predicted octanol–water partition coefficient (Wildman–Crippen LogP) is 7.63. The third kappa shape index (κ3) is 4.96. The quantitative estimate of drug-likeness (QED) is 0.382. The van der Waals surface area contributed by atoms with E-state index in [-0.39, 0.29) is 28.7 Å². The van der Waals surface area contributed by atoms with Crippen LogP contribution in [0.3, 0.4) is 0 Å². The van der Waals surface area contributed by atoms with E-state index in [1.54, 1.807) is 32.9 Å². The Hall–Kier alpha value is -2.45. The van der Waals surface area contributed by atoms with Gasteiger partial charge in [0.15, 0.2) is 5.67 Å². The lowest BCUT2D eigenvalue weighted by molar-refractivity contribution is -0.260. The standard InChI is InChI=1S/C25H23Cl2F4NO3/c1-22(2,3)35-21(33)32-13-23(28,14-32)17-6-4-15(5-7-17)16-11-24(34-12-16,25(29,30)31)18-8-19(26)10-20(27)9-18/h4-10,12H,11,13-14H2,1-3H3. The van der Waals surface area contributed by atoms with E-state index < -0.39 is 35.6 Å². The second-order valence-corrected chi connectivity index (χ2v) is 10.7. The SMILES string of the molecule is CC(C)(C)OC(=O)N1CC(F)(c2ccc(C3=COC(c4cc(Cl)cc(Cl)c4)(C(F)(F)F)C3)cc2)C1. The molecule has 35 heavy (non-hydrogen) atoms. The van der Waals surface area contributed by atoms with E-state index in [9.17, 15) is 18.0 Å². The van der Waals surface area contributed by atoms with Crippen molar-refractivity contribution in [3.63, 3.8) is 0 Å². The molecule has 0 aromatic heterocycles. The van der Waals surface area contributed by atoms with E-state index in [2.05, 4.69) is 0 Å². The zero-order chi connectivity index (χ0) is 25.8. The number of hydrogen-bond donors (Lipinski definition) is 0. The van der Waals surface area contributed by atoms with E-state index in [1.165, 1.54) is 35.2 Å². The highest BCUT2D eigenvalue weighted by molar-refractivity contribution is 6.34. The van der Waals surface area contributed by atoms with Crippen LogP contribution in [0.4, 0.5) is 22.4 Å². The number of carbonyl (C=O) groups excluding carboxylic acids is 1.